The van der Waals surface area contributed by atoms with Crippen LogP contribution in [0, 0.1) is 6.92 Å². The van der Waals surface area contributed by atoms with E-state index in [0.29, 0.717) is 11.4 Å². The fraction of sp³-hybridized carbons (Fsp3) is 0.0500. The van der Waals surface area contributed by atoms with E-state index in [1.807, 2.05) is 61.5 Å². The van der Waals surface area contributed by atoms with Crippen molar-refractivity contribution in [3.8, 4) is 11.3 Å². The molecule has 1 N–H and O–H groups in total. The summed E-state index contributed by atoms with van der Waals surface area (Å²) in [5.41, 5.74) is 3.33. The Balaban J connectivity index is 1.56. The van der Waals surface area contributed by atoms with Crippen LogP contribution in [-0.2, 0) is 0 Å². The fourth-order valence-corrected chi connectivity index (χ4v) is 2.64. The molecule has 2 heterocycles. The third kappa shape index (κ3) is 2.58. The van der Waals surface area contributed by atoms with Gasteiger partial charge in [0.05, 0.1) is 6.26 Å². The van der Waals surface area contributed by atoms with Crippen molar-refractivity contribution in [1.82, 2.24) is 0 Å². The Morgan fingerprint density at radius 2 is 1.79 bits per heavy atom. The van der Waals surface area contributed by atoms with E-state index in [-0.39, 0.29) is 5.91 Å². The number of anilines is 1. The Morgan fingerprint density at radius 3 is 2.50 bits per heavy atom. The largest absolute Gasteiger partial charge is 0.459 e. The lowest BCUT2D eigenvalue weighted by molar-refractivity contribution is 0.0996. The predicted molar refractivity (Wildman–Crippen MR) is 93.0 cm³/mol. The van der Waals surface area contributed by atoms with E-state index >= 15 is 0 Å². The Kier molecular flexibility index (Phi) is 3.43. The molecule has 0 atom stereocenters. The van der Waals surface area contributed by atoms with Crippen LogP contribution >= 0.6 is 0 Å². The normalized spacial score (nSPS) is 10.9. The molecule has 118 valence electrons. The van der Waals surface area contributed by atoms with Gasteiger partial charge in [0.1, 0.15) is 11.3 Å². The second kappa shape index (κ2) is 5.74. The molecule has 0 unspecified atom stereocenters. The maximum Gasteiger partial charge on any atom is 0.291 e. The number of furan rings is 2. The molecule has 0 fully saturated rings. The summed E-state index contributed by atoms with van der Waals surface area (Å²) in [4.78, 5) is 12.1. The van der Waals surface area contributed by atoms with Gasteiger partial charge in [-0.2, -0.15) is 0 Å². The zero-order valence-electron chi connectivity index (χ0n) is 13.1. The lowest BCUT2D eigenvalue weighted by atomic mass is 10.1. The van der Waals surface area contributed by atoms with Gasteiger partial charge in [-0.1, -0.05) is 18.2 Å². The zero-order chi connectivity index (χ0) is 16.5. The molecule has 4 rings (SSSR count). The highest BCUT2D eigenvalue weighted by Gasteiger charge is 2.13. The van der Waals surface area contributed by atoms with E-state index in [4.69, 9.17) is 8.83 Å². The maximum absolute atomic E-state index is 12.1. The average molecular weight is 317 g/mol. The van der Waals surface area contributed by atoms with Crippen molar-refractivity contribution in [3.63, 3.8) is 0 Å². The SMILES string of the molecule is Cc1ccoc1C(=O)Nc1ccc(-c2cc3ccccc3o2)cc1. The predicted octanol–water partition coefficient (Wildman–Crippen LogP) is 5.25. The van der Waals surface area contributed by atoms with E-state index < -0.39 is 0 Å². The second-order valence-corrected chi connectivity index (χ2v) is 5.61. The number of rotatable bonds is 3. The third-order valence-corrected chi connectivity index (χ3v) is 3.92. The molecule has 0 aliphatic heterocycles. The van der Waals surface area contributed by atoms with Gasteiger partial charge in [0.25, 0.3) is 5.91 Å². The molecule has 2 aromatic heterocycles. The van der Waals surface area contributed by atoms with Gasteiger partial charge >= 0.3 is 0 Å². The first-order chi connectivity index (χ1) is 11.7. The molecule has 0 aliphatic carbocycles. The Hall–Kier alpha value is -3.27. The molecule has 4 heteroatoms. The highest BCUT2D eigenvalue weighted by atomic mass is 16.3. The van der Waals surface area contributed by atoms with Crippen molar-refractivity contribution >= 4 is 22.6 Å². The summed E-state index contributed by atoms with van der Waals surface area (Å²) < 4.78 is 11.0. The van der Waals surface area contributed by atoms with Crippen LogP contribution in [0.1, 0.15) is 16.1 Å². The van der Waals surface area contributed by atoms with Crippen LogP contribution in [0.4, 0.5) is 5.69 Å². The van der Waals surface area contributed by atoms with Crippen LogP contribution in [-0.4, -0.2) is 5.91 Å². The molecule has 0 saturated carbocycles. The summed E-state index contributed by atoms with van der Waals surface area (Å²) in [6, 6.07) is 19.2. The van der Waals surface area contributed by atoms with Crippen molar-refractivity contribution in [2.24, 2.45) is 0 Å². The lowest BCUT2D eigenvalue weighted by Gasteiger charge is -2.05. The summed E-state index contributed by atoms with van der Waals surface area (Å²) in [5, 5.41) is 3.89. The smallest absolute Gasteiger partial charge is 0.291 e. The number of aryl methyl sites for hydroxylation is 1. The Labute approximate surface area is 138 Å². The lowest BCUT2D eigenvalue weighted by Crippen LogP contribution is -2.11. The number of carbonyl (C=O) groups is 1. The first-order valence-electron chi connectivity index (χ1n) is 7.65. The second-order valence-electron chi connectivity index (χ2n) is 5.61. The van der Waals surface area contributed by atoms with Gasteiger partial charge in [0.15, 0.2) is 5.76 Å². The summed E-state index contributed by atoms with van der Waals surface area (Å²) in [6.07, 6.45) is 1.51. The first-order valence-corrected chi connectivity index (χ1v) is 7.65. The summed E-state index contributed by atoms with van der Waals surface area (Å²) >= 11 is 0. The van der Waals surface area contributed by atoms with Crippen molar-refractivity contribution in [2.75, 3.05) is 5.32 Å². The van der Waals surface area contributed by atoms with Gasteiger partial charge < -0.3 is 14.2 Å². The van der Waals surface area contributed by atoms with Crippen LogP contribution in [0.5, 0.6) is 0 Å². The number of amides is 1. The molecule has 1 amide bonds. The van der Waals surface area contributed by atoms with Crippen molar-refractivity contribution in [3.05, 3.63) is 78.3 Å². The van der Waals surface area contributed by atoms with Gasteiger partial charge in [-0.15, -0.1) is 0 Å². The first kappa shape index (κ1) is 14.3. The number of hydrogen-bond donors (Lipinski definition) is 1. The average Bonchev–Trinajstić information content (AvgIpc) is 3.21. The zero-order valence-corrected chi connectivity index (χ0v) is 13.1. The number of hydrogen-bond acceptors (Lipinski definition) is 3. The number of benzene rings is 2. The standard InChI is InChI=1S/C20H15NO3/c1-13-10-11-23-19(13)20(22)21-16-8-6-14(7-9-16)18-12-15-4-2-3-5-17(15)24-18/h2-12H,1H3,(H,21,22). The topological polar surface area (TPSA) is 55.4 Å². The number of fused-ring (bicyclic) bond motifs is 1. The van der Waals surface area contributed by atoms with E-state index in [0.717, 1.165) is 27.9 Å². The summed E-state index contributed by atoms with van der Waals surface area (Å²) in [6.45, 7) is 1.84. The molecule has 2 aromatic carbocycles. The highest BCUT2D eigenvalue weighted by molar-refractivity contribution is 6.03. The molecular weight excluding hydrogens is 302 g/mol. The molecule has 0 spiro atoms. The molecule has 24 heavy (non-hydrogen) atoms. The van der Waals surface area contributed by atoms with Crippen molar-refractivity contribution in [1.29, 1.82) is 0 Å². The van der Waals surface area contributed by atoms with Gasteiger partial charge in [-0.05, 0) is 49.4 Å². The van der Waals surface area contributed by atoms with Crippen LogP contribution in [0.25, 0.3) is 22.3 Å². The summed E-state index contributed by atoms with van der Waals surface area (Å²) in [5.74, 6) is 0.876. The molecule has 0 aliphatic rings. The van der Waals surface area contributed by atoms with Crippen LogP contribution in [0.15, 0.2) is 75.8 Å². The molecular formula is C20H15NO3. The van der Waals surface area contributed by atoms with E-state index in [2.05, 4.69) is 5.32 Å². The van der Waals surface area contributed by atoms with E-state index in [1.165, 1.54) is 6.26 Å². The fourth-order valence-electron chi connectivity index (χ4n) is 2.64. The molecule has 4 aromatic rings. The van der Waals surface area contributed by atoms with Gasteiger partial charge in [0.2, 0.25) is 0 Å². The van der Waals surface area contributed by atoms with Crippen LogP contribution in [0.3, 0.4) is 0 Å². The minimum Gasteiger partial charge on any atom is -0.459 e. The summed E-state index contributed by atoms with van der Waals surface area (Å²) in [7, 11) is 0. The highest BCUT2D eigenvalue weighted by Crippen LogP contribution is 2.28. The minimum absolute atomic E-state index is 0.256. The molecule has 0 radical (unpaired) electrons. The van der Waals surface area contributed by atoms with Crippen LogP contribution in [0.2, 0.25) is 0 Å². The Bertz CT molecular complexity index is 976. The van der Waals surface area contributed by atoms with E-state index in [1.54, 1.807) is 6.07 Å². The van der Waals surface area contributed by atoms with Crippen molar-refractivity contribution in [2.45, 2.75) is 6.92 Å². The number of para-hydroxylation sites is 1. The van der Waals surface area contributed by atoms with Gasteiger partial charge in [-0.3, -0.25) is 4.79 Å². The molecule has 4 nitrogen and oxygen atoms in total. The quantitative estimate of drug-likeness (QED) is 0.561. The van der Waals surface area contributed by atoms with Gasteiger partial charge in [-0.25, -0.2) is 0 Å². The van der Waals surface area contributed by atoms with Crippen LogP contribution < -0.4 is 5.32 Å². The molecule has 0 bridgehead atoms. The van der Waals surface area contributed by atoms with Gasteiger partial charge in [0, 0.05) is 22.2 Å². The number of nitrogens with one attached hydrogen (secondary N) is 1. The minimum atomic E-state index is -0.256. The Morgan fingerprint density at radius 1 is 1.00 bits per heavy atom. The third-order valence-electron chi connectivity index (χ3n) is 3.92. The monoisotopic (exact) mass is 317 g/mol. The van der Waals surface area contributed by atoms with E-state index in [9.17, 15) is 4.79 Å². The molecule has 0 saturated heterocycles. The maximum atomic E-state index is 12.1. The number of carbonyl (C=O) groups excluding carboxylic acids is 1. The van der Waals surface area contributed by atoms with Crippen molar-refractivity contribution < 1.29 is 13.6 Å².